The molecule has 1 aromatic rings. The number of amides is 1. The molecule has 0 atom stereocenters. The van der Waals surface area contributed by atoms with E-state index in [9.17, 15) is 9.18 Å². The molecule has 0 aliphatic heterocycles. The van der Waals surface area contributed by atoms with Crippen molar-refractivity contribution in [2.45, 2.75) is 38.5 Å². The fourth-order valence-corrected chi connectivity index (χ4v) is 5.85. The van der Waals surface area contributed by atoms with E-state index in [4.69, 9.17) is 0 Å². The van der Waals surface area contributed by atoms with Gasteiger partial charge in [0.05, 0.1) is 11.1 Å². The number of nitrogens with one attached hydrogen (secondary N) is 1. The summed E-state index contributed by atoms with van der Waals surface area (Å²) in [5.41, 5.74) is 0.601. The number of anilines is 1. The first-order valence-electron chi connectivity index (χ1n) is 7.81. The number of carbonyl (C=O) groups is 1. The molecule has 4 fully saturated rings. The molecule has 1 aromatic carbocycles. The van der Waals surface area contributed by atoms with Crippen LogP contribution in [0, 0.1) is 32.6 Å². The number of halogens is 2. The quantitative estimate of drug-likeness (QED) is 0.725. The first kappa shape index (κ1) is 14.0. The molecule has 4 bridgehead atoms. The van der Waals surface area contributed by atoms with Crippen LogP contribution in [0.3, 0.4) is 0 Å². The molecular weight excluding hydrogens is 380 g/mol. The molecule has 4 aliphatic rings. The van der Waals surface area contributed by atoms with Crippen molar-refractivity contribution in [1.82, 2.24) is 0 Å². The van der Waals surface area contributed by atoms with E-state index in [2.05, 4.69) is 27.9 Å². The summed E-state index contributed by atoms with van der Waals surface area (Å²) in [6.45, 7) is 0. The molecule has 112 valence electrons. The molecule has 0 radical (unpaired) electrons. The second-order valence-corrected chi connectivity index (χ2v) is 8.44. The second-order valence-electron chi connectivity index (χ2n) is 7.28. The minimum atomic E-state index is -0.257. The van der Waals surface area contributed by atoms with Crippen LogP contribution in [0.15, 0.2) is 18.2 Å². The Hall–Kier alpha value is -0.650. The Morgan fingerprint density at radius 3 is 2.24 bits per heavy atom. The minimum Gasteiger partial charge on any atom is -0.325 e. The van der Waals surface area contributed by atoms with Crippen molar-refractivity contribution in [2.75, 3.05) is 5.32 Å². The number of rotatable bonds is 2. The van der Waals surface area contributed by atoms with Crippen LogP contribution in [0.2, 0.25) is 0 Å². The van der Waals surface area contributed by atoms with Gasteiger partial charge in [-0.25, -0.2) is 4.39 Å². The average Bonchev–Trinajstić information content (AvgIpc) is 2.40. The number of benzene rings is 1. The highest BCUT2D eigenvalue weighted by Crippen LogP contribution is 2.60. The zero-order valence-corrected chi connectivity index (χ0v) is 14.0. The van der Waals surface area contributed by atoms with E-state index in [0.717, 1.165) is 46.3 Å². The lowest BCUT2D eigenvalue weighted by Gasteiger charge is -2.55. The predicted molar refractivity (Wildman–Crippen MR) is 88.4 cm³/mol. The van der Waals surface area contributed by atoms with Crippen molar-refractivity contribution in [3.8, 4) is 0 Å². The maximum absolute atomic E-state index is 13.2. The molecule has 0 spiro atoms. The molecular formula is C17H19FINO. The number of hydrogen-bond acceptors (Lipinski definition) is 1. The maximum Gasteiger partial charge on any atom is 0.230 e. The zero-order valence-electron chi connectivity index (χ0n) is 11.9. The highest BCUT2D eigenvalue weighted by atomic mass is 127. The lowest BCUT2D eigenvalue weighted by molar-refractivity contribution is -0.140. The van der Waals surface area contributed by atoms with Gasteiger partial charge in [0.2, 0.25) is 5.91 Å². The van der Waals surface area contributed by atoms with Crippen molar-refractivity contribution in [1.29, 1.82) is 0 Å². The molecule has 4 heteroatoms. The van der Waals surface area contributed by atoms with E-state index in [1.165, 1.54) is 31.4 Å². The smallest absolute Gasteiger partial charge is 0.230 e. The van der Waals surface area contributed by atoms with Crippen LogP contribution in [0.25, 0.3) is 0 Å². The highest BCUT2D eigenvalue weighted by molar-refractivity contribution is 14.1. The van der Waals surface area contributed by atoms with Gasteiger partial charge in [-0.1, -0.05) is 0 Å². The third-order valence-electron chi connectivity index (χ3n) is 5.70. The van der Waals surface area contributed by atoms with E-state index >= 15 is 0 Å². The zero-order chi connectivity index (χ0) is 14.6. The third-order valence-corrected chi connectivity index (χ3v) is 6.59. The summed E-state index contributed by atoms with van der Waals surface area (Å²) < 4.78 is 14.0. The lowest BCUT2D eigenvalue weighted by atomic mass is 9.49. The average molecular weight is 399 g/mol. The molecule has 0 aromatic heterocycles. The molecule has 1 amide bonds. The second kappa shape index (κ2) is 4.93. The van der Waals surface area contributed by atoms with Crippen molar-refractivity contribution in [2.24, 2.45) is 23.2 Å². The Morgan fingerprint density at radius 2 is 1.71 bits per heavy atom. The SMILES string of the molecule is O=C(Nc1ccc(F)cc1I)C12CC3CC(CC(C3)C1)C2. The summed E-state index contributed by atoms with van der Waals surface area (Å²) >= 11 is 2.08. The minimum absolute atomic E-state index is 0.147. The van der Waals surface area contributed by atoms with E-state index in [1.807, 2.05) is 0 Å². The van der Waals surface area contributed by atoms with Crippen molar-refractivity contribution >= 4 is 34.2 Å². The molecule has 4 aliphatic carbocycles. The summed E-state index contributed by atoms with van der Waals surface area (Å²) in [6, 6.07) is 4.56. The van der Waals surface area contributed by atoms with E-state index < -0.39 is 0 Å². The Labute approximate surface area is 138 Å². The molecule has 5 rings (SSSR count). The first-order chi connectivity index (χ1) is 10.0. The van der Waals surface area contributed by atoms with Gasteiger partial charge in [-0.2, -0.15) is 0 Å². The van der Waals surface area contributed by atoms with Crippen LogP contribution in [0.1, 0.15) is 38.5 Å². The monoisotopic (exact) mass is 399 g/mol. The fraction of sp³-hybridized carbons (Fsp3) is 0.588. The van der Waals surface area contributed by atoms with Crippen LogP contribution >= 0.6 is 22.6 Å². The normalized spacial score (nSPS) is 36.8. The molecule has 1 N–H and O–H groups in total. The molecule has 2 nitrogen and oxygen atoms in total. The molecule has 21 heavy (non-hydrogen) atoms. The summed E-state index contributed by atoms with van der Waals surface area (Å²) in [5, 5.41) is 3.08. The van der Waals surface area contributed by atoms with Gasteiger partial charge in [0.15, 0.2) is 0 Å². The van der Waals surface area contributed by atoms with Crippen LogP contribution < -0.4 is 5.32 Å². The maximum atomic E-state index is 13.2. The van der Waals surface area contributed by atoms with Gasteiger partial charge in [0.25, 0.3) is 0 Å². The van der Waals surface area contributed by atoms with Gasteiger partial charge < -0.3 is 5.32 Å². The van der Waals surface area contributed by atoms with Crippen molar-refractivity contribution in [3.05, 3.63) is 27.6 Å². The highest BCUT2D eigenvalue weighted by Gasteiger charge is 2.54. The van der Waals surface area contributed by atoms with E-state index in [-0.39, 0.29) is 17.1 Å². The van der Waals surface area contributed by atoms with Crippen LogP contribution in [-0.2, 0) is 4.79 Å². The van der Waals surface area contributed by atoms with Gasteiger partial charge in [-0.3, -0.25) is 4.79 Å². The van der Waals surface area contributed by atoms with Gasteiger partial charge in [0.1, 0.15) is 5.82 Å². The Balaban J connectivity index is 1.57. The molecule has 4 saturated carbocycles. The summed E-state index contributed by atoms with van der Waals surface area (Å²) in [6.07, 6.45) is 7.18. The number of hydrogen-bond donors (Lipinski definition) is 1. The summed E-state index contributed by atoms with van der Waals surface area (Å²) in [4.78, 5) is 12.9. The topological polar surface area (TPSA) is 29.1 Å². The third kappa shape index (κ3) is 2.39. The Bertz CT molecular complexity index is 565. The molecule has 0 unspecified atom stereocenters. The van der Waals surface area contributed by atoms with Crippen molar-refractivity contribution in [3.63, 3.8) is 0 Å². The van der Waals surface area contributed by atoms with Crippen LogP contribution in [-0.4, -0.2) is 5.91 Å². The fourth-order valence-electron chi connectivity index (χ4n) is 5.23. The van der Waals surface area contributed by atoms with Crippen LogP contribution in [0.5, 0.6) is 0 Å². The summed E-state index contributed by atoms with van der Waals surface area (Å²) in [5.74, 6) is 2.19. The predicted octanol–water partition coefficient (Wildman–Crippen LogP) is 4.59. The van der Waals surface area contributed by atoms with Gasteiger partial charge in [-0.05, 0) is 97.1 Å². The van der Waals surface area contributed by atoms with E-state index in [1.54, 1.807) is 6.07 Å². The Kier molecular flexibility index (Phi) is 3.28. The van der Waals surface area contributed by atoms with E-state index in [0.29, 0.717) is 0 Å². The van der Waals surface area contributed by atoms with Crippen LogP contribution in [0.4, 0.5) is 10.1 Å². The number of carbonyl (C=O) groups excluding carboxylic acids is 1. The lowest BCUT2D eigenvalue weighted by Crippen LogP contribution is -2.51. The molecule has 0 saturated heterocycles. The summed E-state index contributed by atoms with van der Waals surface area (Å²) in [7, 11) is 0. The van der Waals surface area contributed by atoms with Gasteiger partial charge in [-0.15, -0.1) is 0 Å². The standard InChI is InChI=1S/C17H19FINO/c18-13-1-2-15(14(19)6-13)20-16(21)17-7-10-3-11(8-17)5-12(4-10)9-17/h1-2,6,10-12H,3-5,7-9H2,(H,20,21). The Morgan fingerprint density at radius 1 is 1.14 bits per heavy atom. The molecule has 0 heterocycles. The van der Waals surface area contributed by atoms with Gasteiger partial charge in [0, 0.05) is 3.57 Å². The largest absolute Gasteiger partial charge is 0.325 e. The first-order valence-corrected chi connectivity index (χ1v) is 8.88. The van der Waals surface area contributed by atoms with Gasteiger partial charge >= 0.3 is 0 Å². The van der Waals surface area contributed by atoms with Crippen molar-refractivity contribution < 1.29 is 9.18 Å².